The Bertz CT molecular complexity index is 931. The Hall–Kier alpha value is -3.32. The number of ether oxygens (including phenoxy) is 1. The van der Waals surface area contributed by atoms with Gasteiger partial charge in [-0.2, -0.15) is 0 Å². The van der Waals surface area contributed by atoms with Crippen LogP contribution >= 0.6 is 0 Å². The maximum atomic E-state index is 9.55. The number of aliphatic carboxylic acids is 2. The van der Waals surface area contributed by atoms with Crippen LogP contribution in [0.5, 0.6) is 5.75 Å². The number of carbonyl (C=O) groups is 2. The second kappa shape index (κ2) is 10.1. The third-order valence-corrected chi connectivity index (χ3v) is 5.72. The quantitative estimate of drug-likeness (QED) is 0.498. The maximum absolute atomic E-state index is 9.55. The molecule has 0 aromatic heterocycles. The van der Waals surface area contributed by atoms with Crippen LogP contribution in [0, 0.1) is 12.8 Å². The first kappa shape index (κ1) is 22.4. The number of anilines is 1. The number of hydrogen-bond acceptors (Lipinski definition) is 5. The molecule has 3 aliphatic heterocycles. The fourth-order valence-corrected chi connectivity index (χ4v) is 3.91. The molecule has 164 valence electrons. The molecule has 0 spiro atoms. The van der Waals surface area contributed by atoms with Crippen LogP contribution in [0.4, 0.5) is 5.69 Å². The molecule has 31 heavy (non-hydrogen) atoms. The van der Waals surface area contributed by atoms with Crippen LogP contribution in [-0.2, 0) is 9.59 Å². The SMILES string of the molecule is Cc1ccc(-c2ccc(O[C@H]3CN4CCC3CC4)cc2)cc1N.O=C(O)C=CC(=O)O. The Kier molecular flexibility index (Phi) is 7.31. The van der Waals surface area contributed by atoms with Gasteiger partial charge in [-0.3, -0.25) is 4.90 Å². The Morgan fingerprint density at radius 3 is 2.06 bits per heavy atom. The van der Waals surface area contributed by atoms with E-state index in [1.165, 1.54) is 31.5 Å². The van der Waals surface area contributed by atoms with E-state index in [0.29, 0.717) is 18.3 Å². The highest BCUT2D eigenvalue weighted by Crippen LogP contribution is 2.31. The lowest BCUT2D eigenvalue weighted by Crippen LogP contribution is -2.52. The van der Waals surface area contributed by atoms with Crippen LogP contribution in [-0.4, -0.2) is 52.8 Å². The van der Waals surface area contributed by atoms with Gasteiger partial charge in [0.05, 0.1) is 0 Å². The van der Waals surface area contributed by atoms with Crippen LogP contribution in [0.25, 0.3) is 11.1 Å². The van der Waals surface area contributed by atoms with Gasteiger partial charge in [0.2, 0.25) is 0 Å². The number of nitrogens with zero attached hydrogens (tertiary/aromatic N) is 1. The molecular weight excluding hydrogens is 396 g/mol. The molecule has 2 aromatic rings. The maximum Gasteiger partial charge on any atom is 0.328 e. The van der Waals surface area contributed by atoms with E-state index in [4.69, 9.17) is 20.7 Å². The molecule has 0 radical (unpaired) electrons. The number of aryl methyl sites for hydroxylation is 1. The van der Waals surface area contributed by atoms with E-state index in [-0.39, 0.29) is 0 Å². The van der Waals surface area contributed by atoms with Gasteiger partial charge in [-0.15, -0.1) is 0 Å². The molecule has 3 fully saturated rings. The summed E-state index contributed by atoms with van der Waals surface area (Å²) in [5.41, 5.74) is 10.3. The second-order valence-electron chi connectivity index (χ2n) is 7.90. The summed E-state index contributed by atoms with van der Waals surface area (Å²) >= 11 is 0. The monoisotopic (exact) mass is 424 g/mol. The highest BCUT2D eigenvalue weighted by molar-refractivity contribution is 5.89. The zero-order valence-electron chi connectivity index (χ0n) is 17.5. The summed E-state index contributed by atoms with van der Waals surface area (Å²) in [5.74, 6) is -0.802. The van der Waals surface area contributed by atoms with E-state index in [2.05, 4.69) is 41.3 Å². The average molecular weight is 424 g/mol. The van der Waals surface area contributed by atoms with Gasteiger partial charge in [-0.25, -0.2) is 9.59 Å². The largest absolute Gasteiger partial charge is 0.489 e. The van der Waals surface area contributed by atoms with Gasteiger partial charge in [0.15, 0.2) is 0 Å². The molecule has 4 N–H and O–H groups in total. The van der Waals surface area contributed by atoms with Crippen molar-refractivity contribution in [2.75, 3.05) is 25.4 Å². The van der Waals surface area contributed by atoms with Crippen LogP contribution in [0.3, 0.4) is 0 Å². The number of fused-ring (bicyclic) bond motifs is 3. The molecule has 3 aliphatic rings. The van der Waals surface area contributed by atoms with Gasteiger partial charge >= 0.3 is 11.9 Å². The molecule has 0 aliphatic carbocycles. The van der Waals surface area contributed by atoms with E-state index in [1.54, 1.807) is 0 Å². The highest BCUT2D eigenvalue weighted by atomic mass is 16.5. The Morgan fingerprint density at radius 1 is 1.00 bits per heavy atom. The molecular formula is C24H28N2O5. The van der Waals surface area contributed by atoms with Gasteiger partial charge in [0.1, 0.15) is 11.9 Å². The fraction of sp³-hybridized carbons (Fsp3) is 0.333. The Labute approximate surface area is 181 Å². The second-order valence-corrected chi connectivity index (χ2v) is 7.90. The van der Waals surface area contributed by atoms with Gasteiger partial charge in [-0.05, 0) is 73.7 Å². The van der Waals surface area contributed by atoms with Gasteiger partial charge in [0.25, 0.3) is 0 Å². The molecule has 2 bridgehead atoms. The van der Waals surface area contributed by atoms with E-state index in [9.17, 15) is 9.59 Å². The lowest BCUT2D eigenvalue weighted by atomic mass is 9.86. The first-order valence-corrected chi connectivity index (χ1v) is 10.3. The van der Waals surface area contributed by atoms with E-state index < -0.39 is 11.9 Å². The number of carboxylic acids is 2. The van der Waals surface area contributed by atoms with E-state index in [1.807, 2.05) is 13.0 Å². The Balaban J connectivity index is 0.000000293. The third kappa shape index (κ3) is 6.33. The van der Waals surface area contributed by atoms with Crippen molar-refractivity contribution < 1.29 is 24.5 Å². The van der Waals surface area contributed by atoms with Crippen molar-refractivity contribution in [1.82, 2.24) is 4.90 Å². The molecule has 0 unspecified atom stereocenters. The summed E-state index contributed by atoms with van der Waals surface area (Å²) in [6, 6.07) is 14.7. The number of hydrogen-bond donors (Lipinski definition) is 3. The molecule has 1 atom stereocenters. The number of nitrogen functional groups attached to an aromatic ring is 1. The summed E-state index contributed by atoms with van der Waals surface area (Å²) in [4.78, 5) is 21.6. The molecule has 3 heterocycles. The molecule has 0 saturated carbocycles. The van der Waals surface area contributed by atoms with Crippen molar-refractivity contribution in [3.8, 4) is 16.9 Å². The van der Waals surface area contributed by atoms with Crippen LogP contribution in [0.15, 0.2) is 54.6 Å². The lowest BCUT2D eigenvalue weighted by molar-refractivity contribution is -0.134. The van der Waals surface area contributed by atoms with E-state index >= 15 is 0 Å². The van der Waals surface area contributed by atoms with Crippen molar-refractivity contribution >= 4 is 17.6 Å². The van der Waals surface area contributed by atoms with Crippen molar-refractivity contribution in [3.05, 3.63) is 60.2 Å². The predicted octanol–water partition coefficient (Wildman–Crippen LogP) is 3.43. The smallest absolute Gasteiger partial charge is 0.328 e. The number of carboxylic acid groups (broad SMARTS) is 2. The number of benzene rings is 2. The number of rotatable bonds is 5. The first-order valence-electron chi connectivity index (χ1n) is 10.3. The lowest BCUT2D eigenvalue weighted by Gasteiger charge is -2.44. The van der Waals surface area contributed by atoms with Gasteiger partial charge in [0, 0.05) is 24.4 Å². The standard InChI is InChI=1S/C20H24N2O.C4H4O4/c1-14-2-3-17(12-19(14)21)15-4-6-18(7-5-15)23-20-13-22-10-8-16(20)9-11-22;5-3(6)1-2-4(7)8/h2-7,12,16,20H,8-11,13,21H2,1H3;1-2H,(H,5,6)(H,7,8)/t20-;/m0./s1. The molecule has 2 aromatic carbocycles. The molecule has 0 amide bonds. The highest BCUT2D eigenvalue weighted by Gasteiger charge is 2.35. The fourth-order valence-electron chi connectivity index (χ4n) is 3.91. The summed E-state index contributed by atoms with van der Waals surface area (Å²) in [6.45, 7) is 5.61. The minimum absolute atomic E-state index is 0.360. The van der Waals surface area contributed by atoms with Gasteiger partial charge in [-0.1, -0.05) is 24.3 Å². The van der Waals surface area contributed by atoms with Crippen molar-refractivity contribution in [1.29, 1.82) is 0 Å². The minimum Gasteiger partial charge on any atom is -0.489 e. The first-order chi connectivity index (χ1) is 14.8. The number of piperidine rings is 3. The third-order valence-electron chi connectivity index (χ3n) is 5.72. The summed E-state index contributed by atoms with van der Waals surface area (Å²) in [6.07, 6.45) is 4.04. The van der Waals surface area contributed by atoms with Crippen LogP contribution < -0.4 is 10.5 Å². The topological polar surface area (TPSA) is 113 Å². The molecule has 7 heteroatoms. The molecule has 7 nitrogen and oxygen atoms in total. The summed E-state index contributed by atoms with van der Waals surface area (Å²) in [7, 11) is 0. The Morgan fingerprint density at radius 2 is 1.58 bits per heavy atom. The zero-order valence-corrected chi connectivity index (χ0v) is 17.5. The summed E-state index contributed by atoms with van der Waals surface area (Å²) in [5, 5.41) is 15.6. The minimum atomic E-state index is -1.26. The van der Waals surface area contributed by atoms with Crippen LogP contribution in [0.1, 0.15) is 18.4 Å². The van der Waals surface area contributed by atoms with E-state index in [0.717, 1.165) is 35.0 Å². The summed E-state index contributed by atoms with van der Waals surface area (Å²) < 4.78 is 6.26. The van der Waals surface area contributed by atoms with Gasteiger partial charge < -0.3 is 20.7 Å². The normalized spacial score (nSPS) is 21.9. The molecule has 5 rings (SSSR count). The molecule has 3 saturated heterocycles. The van der Waals surface area contributed by atoms with Crippen molar-refractivity contribution in [2.45, 2.75) is 25.9 Å². The average Bonchev–Trinajstić information content (AvgIpc) is 2.76. The van der Waals surface area contributed by atoms with Crippen molar-refractivity contribution in [2.24, 2.45) is 5.92 Å². The van der Waals surface area contributed by atoms with Crippen LogP contribution in [0.2, 0.25) is 0 Å². The zero-order chi connectivity index (χ0) is 22.4. The number of nitrogens with two attached hydrogens (primary N) is 1. The predicted molar refractivity (Wildman–Crippen MR) is 119 cm³/mol. The van der Waals surface area contributed by atoms with Crippen molar-refractivity contribution in [3.63, 3.8) is 0 Å².